The van der Waals surface area contributed by atoms with Crippen molar-refractivity contribution in [3.63, 3.8) is 0 Å². The van der Waals surface area contributed by atoms with Crippen LogP contribution in [0.2, 0.25) is 0 Å². The predicted molar refractivity (Wildman–Crippen MR) is 82.3 cm³/mol. The van der Waals surface area contributed by atoms with Gasteiger partial charge in [0.05, 0.1) is 15.9 Å². The van der Waals surface area contributed by atoms with Crippen LogP contribution < -0.4 is 10.4 Å². The molecule has 1 heterocycles. The molecule has 1 aromatic heterocycles. The van der Waals surface area contributed by atoms with E-state index in [9.17, 15) is 25.0 Å². The zero-order valence-corrected chi connectivity index (χ0v) is 11.9. The molecular weight excluding hydrogens is 320 g/mol. The third kappa shape index (κ3) is 2.90. The van der Waals surface area contributed by atoms with Crippen molar-refractivity contribution < 1.29 is 19.0 Å². The van der Waals surface area contributed by atoms with Crippen LogP contribution in [-0.4, -0.2) is 9.85 Å². The van der Waals surface area contributed by atoms with Gasteiger partial charge in [-0.1, -0.05) is 0 Å². The summed E-state index contributed by atoms with van der Waals surface area (Å²) >= 11 is 0. The number of hydrogen-bond donors (Lipinski definition) is 0. The van der Waals surface area contributed by atoms with Crippen molar-refractivity contribution in [2.75, 3.05) is 0 Å². The highest BCUT2D eigenvalue weighted by atomic mass is 16.6. The summed E-state index contributed by atoms with van der Waals surface area (Å²) in [5, 5.41) is 22.4. The van der Waals surface area contributed by atoms with E-state index in [4.69, 9.17) is 9.15 Å². The van der Waals surface area contributed by atoms with Gasteiger partial charge in [-0.3, -0.25) is 20.2 Å². The minimum Gasteiger partial charge on any atom is -0.450 e. The highest BCUT2D eigenvalue weighted by Crippen LogP contribution is 2.35. The maximum atomic E-state index is 11.1. The lowest BCUT2D eigenvalue weighted by molar-refractivity contribution is -0.389. The van der Waals surface area contributed by atoms with E-state index in [0.717, 1.165) is 18.2 Å². The largest absolute Gasteiger partial charge is 0.450 e. The van der Waals surface area contributed by atoms with Gasteiger partial charge in [0.1, 0.15) is 11.3 Å². The summed E-state index contributed by atoms with van der Waals surface area (Å²) in [6.07, 6.45) is 0. The number of nitro groups is 2. The molecular formula is C15H8N2O7. The second kappa shape index (κ2) is 5.80. The molecule has 0 spiro atoms. The van der Waals surface area contributed by atoms with Crippen LogP contribution in [0.15, 0.2) is 57.7 Å². The molecule has 0 aliphatic heterocycles. The average Bonchev–Trinajstić information content (AvgIpc) is 2.54. The second-order valence-electron chi connectivity index (χ2n) is 4.72. The van der Waals surface area contributed by atoms with E-state index in [0.29, 0.717) is 11.0 Å². The zero-order valence-electron chi connectivity index (χ0n) is 11.9. The van der Waals surface area contributed by atoms with E-state index in [1.165, 1.54) is 30.3 Å². The van der Waals surface area contributed by atoms with Crippen LogP contribution in [0.4, 0.5) is 11.4 Å². The monoisotopic (exact) mass is 328 g/mol. The lowest BCUT2D eigenvalue weighted by Crippen LogP contribution is -1.96. The second-order valence-corrected chi connectivity index (χ2v) is 4.72. The maximum Gasteiger partial charge on any atom is 0.336 e. The standard InChI is InChI=1S/C15H8N2O7/c18-15-6-1-9-7-11(3-5-13(9)24-15)23-14-8-10(16(19)20)2-4-12(14)17(21)22/h1-8H. The smallest absolute Gasteiger partial charge is 0.336 e. The molecule has 0 aliphatic rings. The fourth-order valence-corrected chi connectivity index (χ4v) is 2.09. The van der Waals surface area contributed by atoms with E-state index in [1.807, 2.05) is 0 Å². The lowest BCUT2D eigenvalue weighted by atomic mass is 10.2. The van der Waals surface area contributed by atoms with Crippen molar-refractivity contribution in [2.24, 2.45) is 0 Å². The number of benzene rings is 2. The van der Waals surface area contributed by atoms with Crippen LogP contribution in [-0.2, 0) is 0 Å². The zero-order chi connectivity index (χ0) is 17.3. The quantitative estimate of drug-likeness (QED) is 0.408. The Morgan fingerprint density at radius 1 is 0.917 bits per heavy atom. The van der Waals surface area contributed by atoms with Gasteiger partial charge in [0.25, 0.3) is 5.69 Å². The Balaban J connectivity index is 2.05. The van der Waals surface area contributed by atoms with Crippen LogP contribution in [0.5, 0.6) is 11.5 Å². The summed E-state index contributed by atoms with van der Waals surface area (Å²) in [5.41, 5.74) is -0.920. The first-order valence-corrected chi connectivity index (χ1v) is 6.58. The highest BCUT2D eigenvalue weighted by Gasteiger charge is 2.20. The Morgan fingerprint density at radius 2 is 1.71 bits per heavy atom. The van der Waals surface area contributed by atoms with Gasteiger partial charge >= 0.3 is 11.3 Å². The predicted octanol–water partition coefficient (Wildman–Crippen LogP) is 3.40. The van der Waals surface area contributed by atoms with Gasteiger partial charge in [-0.15, -0.1) is 0 Å². The van der Waals surface area contributed by atoms with E-state index in [-0.39, 0.29) is 17.2 Å². The first-order chi connectivity index (χ1) is 11.4. The molecule has 0 unspecified atom stereocenters. The molecule has 3 aromatic rings. The van der Waals surface area contributed by atoms with Crippen molar-refractivity contribution in [3.8, 4) is 11.5 Å². The molecule has 0 radical (unpaired) electrons. The van der Waals surface area contributed by atoms with Crippen molar-refractivity contribution in [1.82, 2.24) is 0 Å². The normalized spacial score (nSPS) is 10.5. The fourth-order valence-electron chi connectivity index (χ4n) is 2.09. The molecule has 9 heteroatoms. The van der Waals surface area contributed by atoms with Gasteiger partial charge < -0.3 is 9.15 Å². The van der Waals surface area contributed by atoms with Gasteiger partial charge in [-0.2, -0.15) is 0 Å². The Morgan fingerprint density at radius 3 is 2.42 bits per heavy atom. The van der Waals surface area contributed by atoms with Crippen molar-refractivity contribution in [3.05, 3.63) is 79.2 Å². The SMILES string of the molecule is O=c1ccc2cc(Oc3cc([N+](=O)[O-])ccc3[N+](=O)[O-])ccc2o1. The fraction of sp³-hybridized carbons (Fsp3) is 0. The lowest BCUT2D eigenvalue weighted by Gasteiger charge is -2.07. The molecule has 0 bridgehead atoms. The van der Waals surface area contributed by atoms with Crippen molar-refractivity contribution in [2.45, 2.75) is 0 Å². The van der Waals surface area contributed by atoms with Gasteiger partial charge in [-0.05, 0) is 24.3 Å². The van der Waals surface area contributed by atoms with Crippen LogP contribution in [0, 0.1) is 20.2 Å². The van der Waals surface area contributed by atoms with Gasteiger partial charge in [0, 0.05) is 23.6 Å². The van der Waals surface area contributed by atoms with E-state index < -0.39 is 21.2 Å². The summed E-state index contributed by atoms with van der Waals surface area (Å²) in [6, 6.07) is 10.2. The number of ether oxygens (including phenoxy) is 1. The molecule has 3 rings (SSSR count). The minimum absolute atomic E-state index is 0.208. The van der Waals surface area contributed by atoms with Crippen LogP contribution >= 0.6 is 0 Å². The molecule has 0 N–H and O–H groups in total. The maximum absolute atomic E-state index is 11.1. The Bertz CT molecular complexity index is 1030. The van der Waals surface area contributed by atoms with Gasteiger partial charge in [0.2, 0.25) is 5.75 Å². The average molecular weight is 328 g/mol. The van der Waals surface area contributed by atoms with Crippen molar-refractivity contribution in [1.29, 1.82) is 0 Å². The van der Waals surface area contributed by atoms with Crippen LogP contribution in [0.25, 0.3) is 11.0 Å². The molecule has 24 heavy (non-hydrogen) atoms. The molecule has 0 saturated carbocycles. The topological polar surface area (TPSA) is 126 Å². The van der Waals surface area contributed by atoms with Crippen LogP contribution in [0.3, 0.4) is 0 Å². The number of nitrogens with zero attached hydrogens (tertiary/aromatic N) is 2. The molecule has 0 aliphatic carbocycles. The molecule has 9 nitrogen and oxygen atoms in total. The summed E-state index contributed by atoms with van der Waals surface area (Å²) in [7, 11) is 0. The highest BCUT2D eigenvalue weighted by molar-refractivity contribution is 5.78. The Labute approximate surface area is 133 Å². The van der Waals surface area contributed by atoms with Gasteiger partial charge in [-0.25, -0.2) is 4.79 Å². The van der Waals surface area contributed by atoms with Crippen molar-refractivity contribution >= 4 is 22.3 Å². The molecule has 0 atom stereocenters. The van der Waals surface area contributed by atoms with Crippen LogP contribution in [0.1, 0.15) is 0 Å². The number of rotatable bonds is 4. The molecule has 120 valence electrons. The first kappa shape index (κ1) is 15.2. The Hall–Kier alpha value is -3.75. The number of fused-ring (bicyclic) bond motifs is 1. The van der Waals surface area contributed by atoms with Gasteiger partial charge in [0.15, 0.2) is 0 Å². The summed E-state index contributed by atoms with van der Waals surface area (Å²) in [6.45, 7) is 0. The van der Waals surface area contributed by atoms with E-state index in [1.54, 1.807) is 0 Å². The number of hydrogen-bond acceptors (Lipinski definition) is 7. The summed E-state index contributed by atoms with van der Waals surface area (Å²) in [4.78, 5) is 31.7. The van der Waals surface area contributed by atoms with E-state index >= 15 is 0 Å². The third-order valence-corrected chi connectivity index (χ3v) is 3.17. The number of nitro benzene ring substituents is 2. The Kier molecular flexibility index (Phi) is 3.66. The third-order valence-electron chi connectivity index (χ3n) is 3.17. The van der Waals surface area contributed by atoms with E-state index in [2.05, 4.69) is 0 Å². The molecule has 0 amide bonds. The number of non-ortho nitro benzene ring substituents is 1. The molecule has 0 fully saturated rings. The first-order valence-electron chi connectivity index (χ1n) is 6.58. The molecule has 2 aromatic carbocycles. The molecule has 0 saturated heterocycles. The minimum atomic E-state index is -0.695. The summed E-state index contributed by atoms with van der Waals surface area (Å²) < 4.78 is 10.4. The summed E-state index contributed by atoms with van der Waals surface area (Å²) in [5.74, 6) is -0.0501.